The molecular formula is C52H31BF20O2S. The number of benzene rings is 8. The van der Waals surface area contributed by atoms with Crippen molar-refractivity contribution in [3.63, 3.8) is 0 Å². The molecule has 2 unspecified atom stereocenters. The fourth-order valence-electron chi connectivity index (χ4n) is 9.07. The van der Waals surface area contributed by atoms with Crippen LogP contribution in [-0.4, -0.2) is 20.4 Å². The summed E-state index contributed by atoms with van der Waals surface area (Å²) < 4.78 is 299. The Balaban J connectivity index is 0.000000260. The molecule has 0 N–H and O–H groups in total. The number of thiol groups is 1. The van der Waals surface area contributed by atoms with Crippen LogP contribution in [-0.2, 0) is 46.5 Å². The third-order valence-corrected chi connectivity index (χ3v) is 14.2. The summed E-state index contributed by atoms with van der Waals surface area (Å²) in [5, 5.41) is 4.91. The van der Waals surface area contributed by atoms with Crippen LogP contribution in [0.1, 0.15) is 44.3 Å². The molecule has 0 aliphatic rings. The zero-order chi connectivity index (χ0) is 55.8. The molecule has 2 atom stereocenters. The lowest BCUT2D eigenvalue weighted by atomic mass is 9.16. The second kappa shape index (κ2) is 22.8. The van der Waals surface area contributed by atoms with E-state index in [0.717, 1.165) is 11.8 Å². The lowest BCUT2D eigenvalue weighted by Crippen LogP contribution is -2.49. The maximum atomic E-state index is 14.9. The summed E-state index contributed by atoms with van der Waals surface area (Å²) in [6, 6.07) is 29.7. The van der Waals surface area contributed by atoms with Crippen molar-refractivity contribution < 1.29 is 97.3 Å². The minimum absolute atomic E-state index is 0.0694. The van der Waals surface area contributed by atoms with E-state index in [0.29, 0.717) is 0 Å². The summed E-state index contributed by atoms with van der Waals surface area (Å²) >= 11 is 1.07. The van der Waals surface area contributed by atoms with E-state index in [-0.39, 0.29) is 10.9 Å². The van der Waals surface area contributed by atoms with Gasteiger partial charge in [0.1, 0.15) is 0 Å². The third kappa shape index (κ3) is 10.5. The van der Waals surface area contributed by atoms with Crippen molar-refractivity contribution in [2.24, 2.45) is 0 Å². The molecule has 0 bridgehead atoms. The summed E-state index contributed by atoms with van der Waals surface area (Å²) in [6.45, 7) is 0. The van der Waals surface area contributed by atoms with E-state index in [4.69, 9.17) is 9.47 Å². The molecule has 0 fully saturated rings. The van der Waals surface area contributed by atoms with Crippen LogP contribution >= 0.6 is 0 Å². The number of hydrogen-bond acceptors (Lipinski definition) is 2. The highest BCUT2D eigenvalue weighted by Crippen LogP contribution is 2.39. The van der Waals surface area contributed by atoms with Crippen molar-refractivity contribution in [1.82, 2.24) is 0 Å². The van der Waals surface area contributed by atoms with Gasteiger partial charge < -0.3 is 9.47 Å². The van der Waals surface area contributed by atoms with E-state index in [1.165, 1.54) is 32.7 Å². The summed E-state index contributed by atoms with van der Waals surface area (Å²) in [6.07, 6.45) is -13.9. The van der Waals surface area contributed by atoms with Crippen molar-refractivity contribution in [3.8, 4) is 0 Å². The molecule has 0 amide bonds. The predicted octanol–water partition coefficient (Wildman–Crippen LogP) is 15.1. The minimum Gasteiger partial charge on any atom is -0.333 e. The molecule has 0 aliphatic heterocycles. The van der Waals surface area contributed by atoms with Crippen LogP contribution < -0.4 is 0 Å². The van der Waals surface area contributed by atoms with Gasteiger partial charge in [0.05, 0.1) is 0 Å². The van der Waals surface area contributed by atoms with Crippen LogP contribution in [0.4, 0.5) is 87.8 Å². The first kappa shape index (κ1) is 56.9. The highest BCUT2D eigenvalue weighted by molar-refractivity contribution is 7.78. The van der Waals surface area contributed by atoms with Gasteiger partial charge in [-0.3, -0.25) is 0 Å². The minimum atomic E-state index is -4.78. The van der Waals surface area contributed by atoms with E-state index in [2.05, 4.69) is 84.9 Å². The van der Waals surface area contributed by atoms with Crippen LogP contribution in [0.3, 0.4) is 0 Å². The molecule has 8 aromatic rings. The van der Waals surface area contributed by atoms with Crippen LogP contribution in [0, 0.1) is 116 Å². The van der Waals surface area contributed by atoms with Gasteiger partial charge in [0.2, 0.25) is 34.1 Å². The fraction of sp³-hybridized carbons (Fsp3) is 0.154. The monoisotopic (exact) mass is 1110 g/mol. The van der Waals surface area contributed by atoms with E-state index >= 15 is 0 Å². The molecule has 0 heterocycles. The molecule has 0 aromatic heterocycles. The topological polar surface area (TPSA) is 18.5 Å². The highest BCUT2D eigenvalue weighted by Gasteiger charge is 2.40. The molecule has 0 aliphatic carbocycles. The average molecular weight is 1110 g/mol. The maximum Gasteiger partial charge on any atom is 0.245 e. The molecule has 8 aromatic carbocycles. The molecule has 76 heavy (non-hydrogen) atoms. The third-order valence-electron chi connectivity index (χ3n) is 12.6. The standard InChI is InChI=1S/C28H8BF20.C24H22O2S/c30-9-5(10(31)18(39)25(46)17(9)38)1-29(2-6-11(32)19(40)26(47)20(41)12(6)33,3-7-13(34)21(42)27(48)22(43)14(7)35)4-8-15(36)23(44)28(49)24(45)16(8)37;1-25-23(21-15-7-11-17-9-3-5-13-19(17)21)27-24(26-2)22-16-8-12-18-10-4-6-14-20(18)22/h1-4H2;3-16,23-24H,1-2H3/q-1;/p+1. The van der Waals surface area contributed by atoms with Crippen LogP contribution in [0.5, 0.6) is 0 Å². The van der Waals surface area contributed by atoms with Crippen LogP contribution in [0.15, 0.2) is 84.9 Å². The highest BCUT2D eigenvalue weighted by atomic mass is 32.2. The lowest BCUT2D eigenvalue weighted by molar-refractivity contribution is 0.151. The number of rotatable bonds is 14. The number of halogens is 20. The molecule has 0 spiro atoms. The van der Waals surface area contributed by atoms with Gasteiger partial charge in [-0.25, -0.2) is 87.8 Å². The van der Waals surface area contributed by atoms with Crippen molar-refractivity contribution in [3.05, 3.63) is 235 Å². The largest absolute Gasteiger partial charge is 0.333 e. The van der Waals surface area contributed by atoms with Crippen LogP contribution in [0.2, 0.25) is 0 Å². The zero-order valence-electron chi connectivity index (χ0n) is 38.5. The molecule has 0 saturated heterocycles. The first-order valence-corrected chi connectivity index (χ1v) is 22.9. The summed E-state index contributed by atoms with van der Waals surface area (Å²) in [4.78, 5) is 0. The number of hydrogen-bond donors (Lipinski definition) is 0. The van der Waals surface area contributed by atoms with Gasteiger partial charge in [-0.1, -0.05) is 84.9 Å². The van der Waals surface area contributed by atoms with Crippen molar-refractivity contribution >= 4 is 39.5 Å². The Bertz CT molecular complexity index is 3060. The van der Waals surface area contributed by atoms with Gasteiger partial charge in [0, 0.05) is 43.3 Å². The number of ether oxygens (including phenoxy) is 2. The zero-order valence-corrected chi connectivity index (χ0v) is 39.4. The smallest absolute Gasteiger partial charge is 0.245 e. The van der Waals surface area contributed by atoms with Crippen molar-refractivity contribution in [2.75, 3.05) is 14.2 Å². The molecule has 24 heteroatoms. The summed E-state index contributed by atoms with van der Waals surface area (Å²) in [5.41, 5.74) is -6.72. The lowest BCUT2D eigenvalue weighted by Gasteiger charge is -2.41. The summed E-state index contributed by atoms with van der Waals surface area (Å²) in [5.74, 6) is -57.8. The van der Waals surface area contributed by atoms with Gasteiger partial charge in [0.15, 0.2) is 93.1 Å². The molecular weight excluding hydrogens is 1080 g/mol. The molecule has 2 nitrogen and oxygen atoms in total. The first-order chi connectivity index (χ1) is 35.9. The Morgan fingerprint density at radius 2 is 0.513 bits per heavy atom. The Morgan fingerprint density at radius 3 is 0.750 bits per heavy atom. The predicted molar refractivity (Wildman–Crippen MR) is 242 cm³/mol. The SMILES string of the molecule is COC([SH+]C(OC)c1cccc2ccccc12)c1cccc2ccccc12.Fc1c(F)c(F)c(C[B-](Cc2c(F)c(F)c(F)c(F)c2F)(Cc2c(F)c(F)c(F)c(F)c2F)Cc2c(F)c(F)c(F)c(F)c2F)c(F)c1F. The average Bonchev–Trinajstić information content (AvgIpc) is 3.43. The quantitative estimate of drug-likeness (QED) is 0.0270. The van der Waals surface area contributed by atoms with E-state index in [9.17, 15) is 87.8 Å². The summed E-state index contributed by atoms with van der Waals surface area (Å²) in [7, 11) is 3.55. The van der Waals surface area contributed by atoms with Gasteiger partial charge in [0.25, 0.3) is 0 Å². The maximum absolute atomic E-state index is 14.9. The second-order valence-electron chi connectivity index (χ2n) is 17.2. The fourth-order valence-corrected chi connectivity index (χ4v) is 10.3. The Morgan fingerprint density at radius 1 is 0.303 bits per heavy atom. The van der Waals surface area contributed by atoms with E-state index in [1.807, 2.05) is 0 Å². The molecule has 0 radical (unpaired) electrons. The second-order valence-corrected chi connectivity index (χ2v) is 18.4. The van der Waals surface area contributed by atoms with E-state index < -0.39 is 170 Å². The molecule has 0 saturated carbocycles. The van der Waals surface area contributed by atoms with Gasteiger partial charge in [-0.2, -0.15) is 0 Å². The van der Waals surface area contributed by atoms with E-state index in [1.54, 1.807) is 14.2 Å². The normalized spacial score (nSPS) is 12.6. The van der Waals surface area contributed by atoms with Gasteiger partial charge in [-0.05, 0) is 43.8 Å². The number of fused-ring (bicyclic) bond motifs is 2. The molecule has 400 valence electrons. The van der Waals surface area contributed by atoms with Crippen LogP contribution in [0.25, 0.3) is 21.5 Å². The first-order valence-electron chi connectivity index (χ1n) is 21.9. The number of methoxy groups -OCH3 is 2. The Labute approximate surface area is 420 Å². The Kier molecular flexibility index (Phi) is 17.1. The van der Waals surface area contributed by atoms with Crippen molar-refractivity contribution in [2.45, 2.75) is 36.2 Å². The van der Waals surface area contributed by atoms with Gasteiger partial charge in [-0.15, -0.1) is 25.3 Å². The van der Waals surface area contributed by atoms with Crippen molar-refractivity contribution in [1.29, 1.82) is 0 Å². The van der Waals surface area contributed by atoms with Gasteiger partial charge >= 0.3 is 0 Å². The molecule has 8 rings (SSSR count). The Hall–Kier alpha value is -6.79.